The number of likely N-dealkylation sites (N-methyl/N-ethyl adjacent to an activating group) is 1. The molecule has 2 aliphatic heterocycles. The second-order valence-corrected chi connectivity index (χ2v) is 7.26. The Morgan fingerprint density at radius 1 is 1.14 bits per heavy atom. The summed E-state index contributed by atoms with van der Waals surface area (Å²) in [6, 6.07) is 0. The summed E-state index contributed by atoms with van der Waals surface area (Å²) in [5.74, 6) is 0.666. The molecule has 5 heteroatoms. The standard InChI is InChI=1S/C16H29N3O2/c1-17-8-10-18(11-9-17)13-16(21)6-3-7-19(15(16)20)12-14-4-2-5-14/h14,21H,2-13H2,1H3/t16-/m1/s1. The fraction of sp³-hybridized carbons (Fsp3) is 0.938. The molecule has 0 spiro atoms. The van der Waals surface area contributed by atoms with Gasteiger partial charge in [0, 0.05) is 45.8 Å². The van der Waals surface area contributed by atoms with E-state index in [4.69, 9.17) is 0 Å². The number of hydrogen-bond donors (Lipinski definition) is 1. The van der Waals surface area contributed by atoms with E-state index < -0.39 is 5.60 Å². The predicted molar refractivity (Wildman–Crippen MR) is 82.0 cm³/mol. The zero-order valence-corrected chi connectivity index (χ0v) is 13.3. The summed E-state index contributed by atoms with van der Waals surface area (Å²) < 4.78 is 0. The first-order valence-corrected chi connectivity index (χ1v) is 8.49. The number of likely N-dealkylation sites (tertiary alicyclic amines) is 1. The molecule has 5 nitrogen and oxygen atoms in total. The first-order valence-electron chi connectivity index (χ1n) is 8.49. The molecule has 3 rings (SSSR count). The molecule has 1 saturated carbocycles. The first-order chi connectivity index (χ1) is 10.1. The summed E-state index contributed by atoms with van der Waals surface area (Å²) in [5.41, 5.74) is -1.14. The second kappa shape index (κ2) is 6.23. The SMILES string of the molecule is CN1CCN(C[C@]2(O)CCCN(CC3CCC3)C2=O)CC1. The van der Waals surface area contributed by atoms with E-state index >= 15 is 0 Å². The minimum absolute atomic E-state index is 0.0143. The summed E-state index contributed by atoms with van der Waals surface area (Å²) in [6.07, 6.45) is 5.36. The number of piperidine rings is 1. The van der Waals surface area contributed by atoms with E-state index in [9.17, 15) is 9.90 Å². The maximum atomic E-state index is 12.7. The molecule has 120 valence electrons. The van der Waals surface area contributed by atoms with E-state index in [1.165, 1.54) is 19.3 Å². The number of aliphatic hydroxyl groups is 1. The third-order valence-electron chi connectivity index (χ3n) is 5.49. The highest BCUT2D eigenvalue weighted by Gasteiger charge is 2.44. The number of hydrogen-bond acceptors (Lipinski definition) is 4. The molecule has 0 aromatic carbocycles. The quantitative estimate of drug-likeness (QED) is 0.815. The van der Waals surface area contributed by atoms with Crippen molar-refractivity contribution in [2.75, 3.05) is 52.9 Å². The van der Waals surface area contributed by atoms with Crippen LogP contribution in [-0.2, 0) is 4.79 Å². The average Bonchev–Trinajstić information content (AvgIpc) is 2.41. The van der Waals surface area contributed by atoms with Gasteiger partial charge in [-0.05, 0) is 38.6 Å². The highest BCUT2D eigenvalue weighted by Crippen LogP contribution is 2.30. The molecular weight excluding hydrogens is 266 g/mol. The summed E-state index contributed by atoms with van der Waals surface area (Å²) in [4.78, 5) is 19.2. The van der Waals surface area contributed by atoms with Crippen LogP contribution in [0.3, 0.4) is 0 Å². The Hall–Kier alpha value is -0.650. The van der Waals surface area contributed by atoms with Crippen LogP contribution in [0.25, 0.3) is 0 Å². The number of nitrogens with zero attached hydrogens (tertiary/aromatic N) is 3. The van der Waals surface area contributed by atoms with Crippen molar-refractivity contribution in [3.05, 3.63) is 0 Å². The molecule has 3 fully saturated rings. The van der Waals surface area contributed by atoms with Crippen molar-refractivity contribution in [1.29, 1.82) is 0 Å². The van der Waals surface area contributed by atoms with E-state index in [1.807, 2.05) is 4.90 Å². The summed E-state index contributed by atoms with van der Waals surface area (Å²) in [5, 5.41) is 10.9. The maximum Gasteiger partial charge on any atom is 0.255 e. The van der Waals surface area contributed by atoms with Gasteiger partial charge >= 0.3 is 0 Å². The molecule has 1 atom stereocenters. The number of piperazine rings is 1. The molecule has 0 radical (unpaired) electrons. The Kier molecular flexibility index (Phi) is 4.52. The molecule has 2 saturated heterocycles. The highest BCUT2D eigenvalue weighted by molar-refractivity contribution is 5.86. The summed E-state index contributed by atoms with van der Waals surface area (Å²) >= 11 is 0. The molecule has 1 amide bonds. The maximum absolute atomic E-state index is 12.7. The van der Waals surface area contributed by atoms with Gasteiger partial charge in [0.05, 0.1) is 0 Å². The predicted octanol–water partition coefficient (Wildman–Crippen LogP) is 0.387. The Bertz CT molecular complexity index is 378. The van der Waals surface area contributed by atoms with Crippen molar-refractivity contribution in [3.63, 3.8) is 0 Å². The lowest BCUT2D eigenvalue weighted by molar-refractivity contribution is -0.161. The van der Waals surface area contributed by atoms with Gasteiger partial charge in [-0.3, -0.25) is 9.69 Å². The smallest absolute Gasteiger partial charge is 0.255 e. The lowest BCUT2D eigenvalue weighted by Crippen LogP contribution is -2.61. The van der Waals surface area contributed by atoms with E-state index in [2.05, 4.69) is 16.8 Å². The van der Waals surface area contributed by atoms with Crippen LogP contribution < -0.4 is 0 Å². The third kappa shape index (κ3) is 3.41. The first kappa shape index (κ1) is 15.3. The topological polar surface area (TPSA) is 47.0 Å². The van der Waals surface area contributed by atoms with E-state index in [0.717, 1.165) is 45.7 Å². The number of β-amino-alcohol motifs (C(OH)–C–C–N with tert-alkyl or cyclic N) is 1. The normalized spacial score (nSPS) is 33.2. The van der Waals surface area contributed by atoms with Crippen LogP contribution in [-0.4, -0.2) is 84.2 Å². The number of carbonyl (C=O) groups excluding carboxylic acids is 1. The van der Waals surface area contributed by atoms with Gasteiger partial charge in [0.15, 0.2) is 5.60 Å². The second-order valence-electron chi connectivity index (χ2n) is 7.26. The van der Waals surface area contributed by atoms with Crippen LogP contribution in [0, 0.1) is 5.92 Å². The Balaban J connectivity index is 1.57. The lowest BCUT2D eigenvalue weighted by atomic mass is 9.83. The van der Waals surface area contributed by atoms with Gasteiger partial charge in [-0.1, -0.05) is 6.42 Å². The van der Waals surface area contributed by atoms with Gasteiger partial charge in [-0.25, -0.2) is 0 Å². The van der Waals surface area contributed by atoms with Crippen molar-refractivity contribution in [2.24, 2.45) is 5.92 Å². The lowest BCUT2D eigenvalue weighted by Gasteiger charge is -2.44. The highest BCUT2D eigenvalue weighted by atomic mass is 16.3. The molecule has 0 bridgehead atoms. The van der Waals surface area contributed by atoms with Crippen LogP contribution >= 0.6 is 0 Å². The van der Waals surface area contributed by atoms with Crippen LogP contribution in [0.1, 0.15) is 32.1 Å². The summed E-state index contributed by atoms with van der Waals surface area (Å²) in [6.45, 7) is 6.17. The minimum Gasteiger partial charge on any atom is -0.379 e. The van der Waals surface area contributed by atoms with Crippen molar-refractivity contribution >= 4 is 5.91 Å². The molecule has 0 aromatic rings. The number of carbonyl (C=O) groups is 1. The van der Waals surface area contributed by atoms with Crippen LogP contribution in [0.4, 0.5) is 0 Å². The van der Waals surface area contributed by atoms with Crippen molar-refractivity contribution in [3.8, 4) is 0 Å². The molecule has 1 aliphatic carbocycles. The van der Waals surface area contributed by atoms with Gasteiger partial charge in [0.25, 0.3) is 5.91 Å². The van der Waals surface area contributed by atoms with E-state index in [1.54, 1.807) is 0 Å². The van der Waals surface area contributed by atoms with Gasteiger partial charge < -0.3 is 14.9 Å². The third-order valence-corrected chi connectivity index (χ3v) is 5.49. The van der Waals surface area contributed by atoms with Gasteiger partial charge in [0.1, 0.15) is 0 Å². The fourth-order valence-corrected chi connectivity index (χ4v) is 3.75. The molecule has 2 heterocycles. The Labute approximate surface area is 127 Å². The largest absolute Gasteiger partial charge is 0.379 e. The Morgan fingerprint density at radius 3 is 2.48 bits per heavy atom. The van der Waals surface area contributed by atoms with Crippen molar-refractivity contribution in [2.45, 2.75) is 37.7 Å². The monoisotopic (exact) mass is 295 g/mol. The number of rotatable bonds is 4. The average molecular weight is 295 g/mol. The number of amides is 1. The van der Waals surface area contributed by atoms with Crippen molar-refractivity contribution < 1.29 is 9.90 Å². The molecule has 1 N–H and O–H groups in total. The minimum atomic E-state index is -1.14. The summed E-state index contributed by atoms with van der Waals surface area (Å²) in [7, 11) is 2.12. The molecule has 0 unspecified atom stereocenters. The Morgan fingerprint density at radius 2 is 1.86 bits per heavy atom. The molecular formula is C16H29N3O2. The van der Waals surface area contributed by atoms with E-state index in [-0.39, 0.29) is 5.91 Å². The van der Waals surface area contributed by atoms with Crippen molar-refractivity contribution in [1.82, 2.24) is 14.7 Å². The zero-order valence-electron chi connectivity index (χ0n) is 13.3. The van der Waals surface area contributed by atoms with Crippen LogP contribution in [0.15, 0.2) is 0 Å². The zero-order chi connectivity index (χ0) is 14.9. The molecule has 21 heavy (non-hydrogen) atoms. The van der Waals surface area contributed by atoms with Crippen LogP contribution in [0.2, 0.25) is 0 Å². The fourth-order valence-electron chi connectivity index (χ4n) is 3.75. The van der Waals surface area contributed by atoms with Gasteiger partial charge in [0.2, 0.25) is 0 Å². The molecule has 0 aromatic heterocycles. The van der Waals surface area contributed by atoms with E-state index in [0.29, 0.717) is 18.9 Å². The van der Waals surface area contributed by atoms with Crippen LogP contribution in [0.5, 0.6) is 0 Å². The molecule has 3 aliphatic rings. The van der Waals surface area contributed by atoms with Gasteiger partial charge in [-0.2, -0.15) is 0 Å². The van der Waals surface area contributed by atoms with Gasteiger partial charge in [-0.15, -0.1) is 0 Å².